The molecule has 0 heterocycles. The van der Waals surface area contributed by atoms with Gasteiger partial charge in [-0.3, -0.25) is 4.90 Å². The monoisotopic (exact) mass is 290 g/mol. The van der Waals surface area contributed by atoms with Crippen molar-refractivity contribution in [2.75, 3.05) is 20.7 Å². The molecule has 2 atom stereocenters. The van der Waals surface area contributed by atoms with Crippen molar-refractivity contribution in [1.29, 1.82) is 0 Å². The third-order valence-electron chi connectivity index (χ3n) is 4.60. The van der Waals surface area contributed by atoms with Crippen molar-refractivity contribution in [3.05, 3.63) is 29.8 Å². The van der Waals surface area contributed by atoms with Gasteiger partial charge in [0.15, 0.2) is 0 Å². The summed E-state index contributed by atoms with van der Waals surface area (Å²) in [6.45, 7) is 5.69. The first kappa shape index (κ1) is 16.3. The molecule has 0 radical (unpaired) electrons. The van der Waals surface area contributed by atoms with Crippen LogP contribution < -0.4 is 10.1 Å². The zero-order valence-corrected chi connectivity index (χ0v) is 13.9. The molecule has 0 amide bonds. The van der Waals surface area contributed by atoms with Crippen LogP contribution in [0.1, 0.15) is 38.7 Å². The maximum absolute atomic E-state index is 5.19. The summed E-state index contributed by atoms with van der Waals surface area (Å²) < 4.78 is 5.19. The summed E-state index contributed by atoms with van der Waals surface area (Å²) in [6.07, 6.45) is 5.05. The molecule has 1 aromatic rings. The first-order chi connectivity index (χ1) is 10.1. The van der Waals surface area contributed by atoms with Gasteiger partial charge in [0.1, 0.15) is 5.75 Å². The molecular formula is C18H30N2O. The van der Waals surface area contributed by atoms with E-state index in [9.17, 15) is 0 Å². The van der Waals surface area contributed by atoms with Crippen LogP contribution in [0.5, 0.6) is 5.75 Å². The predicted octanol–water partition coefficient (Wildman–Crippen LogP) is 3.09. The second-order valence-corrected chi connectivity index (χ2v) is 6.44. The van der Waals surface area contributed by atoms with E-state index in [1.165, 1.54) is 24.8 Å². The Morgan fingerprint density at radius 3 is 2.48 bits per heavy atom. The van der Waals surface area contributed by atoms with Crippen LogP contribution in [-0.2, 0) is 6.42 Å². The van der Waals surface area contributed by atoms with Gasteiger partial charge in [0.2, 0.25) is 0 Å². The third-order valence-corrected chi connectivity index (χ3v) is 4.60. The Labute approximate surface area is 129 Å². The predicted molar refractivity (Wildman–Crippen MR) is 89.0 cm³/mol. The lowest BCUT2D eigenvalue weighted by molar-refractivity contribution is 0.235. The average molecular weight is 290 g/mol. The van der Waals surface area contributed by atoms with Gasteiger partial charge in [-0.15, -0.1) is 0 Å². The van der Waals surface area contributed by atoms with Crippen LogP contribution in [0.2, 0.25) is 0 Å². The Hall–Kier alpha value is -1.06. The Morgan fingerprint density at radius 2 is 1.90 bits per heavy atom. The molecule has 3 heteroatoms. The van der Waals surface area contributed by atoms with E-state index < -0.39 is 0 Å². The first-order valence-corrected chi connectivity index (χ1v) is 8.18. The maximum atomic E-state index is 5.19. The second kappa shape index (κ2) is 7.81. The highest BCUT2D eigenvalue weighted by molar-refractivity contribution is 5.27. The molecule has 1 saturated carbocycles. The van der Waals surface area contributed by atoms with Gasteiger partial charge in [-0.25, -0.2) is 0 Å². The molecule has 1 aliphatic carbocycles. The molecule has 1 aromatic carbocycles. The zero-order valence-electron chi connectivity index (χ0n) is 13.9. The van der Waals surface area contributed by atoms with Crippen molar-refractivity contribution in [3.63, 3.8) is 0 Å². The van der Waals surface area contributed by atoms with Crippen LogP contribution in [0, 0.1) is 0 Å². The fourth-order valence-corrected chi connectivity index (χ4v) is 2.63. The number of hydrogen-bond donors (Lipinski definition) is 1. The summed E-state index contributed by atoms with van der Waals surface area (Å²) in [5.74, 6) is 0.932. The second-order valence-electron chi connectivity index (χ2n) is 6.44. The number of nitrogens with one attached hydrogen (secondary N) is 1. The minimum absolute atomic E-state index is 0.558. The van der Waals surface area contributed by atoms with Gasteiger partial charge >= 0.3 is 0 Å². The molecule has 2 rings (SSSR count). The number of rotatable bonds is 9. The van der Waals surface area contributed by atoms with E-state index in [2.05, 4.69) is 43.2 Å². The number of ether oxygens (including phenoxy) is 1. The standard InChI is InChI=1S/C18H30N2O/c1-14(19-13-15(2)20(3)17-9-10-17)5-6-16-7-11-18(21-4)12-8-16/h7-8,11-12,14-15,17,19H,5-6,9-10,13H2,1-4H3. The molecule has 3 nitrogen and oxygen atoms in total. The van der Waals surface area contributed by atoms with Gasteiger partial charge in [0.25, 0.3) is 0 Å². The summed E-state index contributed by atoms with van der Waals surface area (Å²) in [5.41, 5.74) is 1.38. The summed E-state index contributed by atoms with van der Waals surface area (Å²) >= 11 is 0. The smallest absolute Gasteiger partial charge is 0.118 e. The number of likely N-dealkylation sites (N-methyl/N-ethyl adjacent to an activating group) is 1. The van der Waals surface area contributed by atoms with Crippen molar-refractivity contribution in [1.82, 2.24) is 10.2 Å². The molecule has 1 N–H and O–H groups in total. The molecule has 21 heavy (non-hydrogen) atoms. The van der Waals surface area contributed by atoms with Crippen LogP contribution >= 0.6 is 0 Å². The normalized spacial score (nSPS) is 17.8. The molecular weight excluding hydrogens is 260 g/mol. The lowest BCUT2D eigenvalue weighted by Crippen LogP contribution is -2.42. The quantitative estimate of drug-likeness (QED) is 0.756. The number of methoxy groups -OCH3 is 1. The number of hydrogen-bond acceptors (Lipinski definition) is 3. The summed E-state index contributed by atoms with van der Waals surface area (Å²) in [5, 5.41) is 3.67. The zero-order chi connectivity index (χ0) is 15.2. The van der Waals surface area contributed by atoms with Crippen molar-refractivity contribution in [2.45, 2.75) is 57.7 Å². The Morgan fingerprint density at radius 1 is 1.24 bits per heavy atom. The van der Waals surface area contributed by atoms with E-state index in [0.29, 0.717) is 12.1 Å². The fourth-order valence-electron chi connectivity index (χ4n) is 2.63. The lowest BCUT2D eigenvalue weighted by Gasteiger charge is -2.26. The van der Waals surface area contributed by atoms with Crippen LogP contribution in [-0.4, -0.2) is 43.7 Å². The van der Waals surface area contributed by atoms with Crippen LogP contribution in [0.15, 0.2) is 24.3 Å². The van der Waals surface area contributed by atoms with E-state index >= 15 is 0 Å². The van der Waals surface area contributed by atoms with Gasteiger partial charge < -0.3 is 10.1 Å². The highest BCUT2D eigenvalue weighted by Gasteiger charge is 2.28. The molecule has 0 saturated heterocycles. The highest BCUT2D eigenvalue weighted by atomic mass is 16.5. The van der Waals surface area contributed by atoms with Crippen molar-refractivity contribution < 1.29 is 4.74 Å². The molecule has 0 aromatic heterocycles. The molecule has 0 bridgehead atoms. The lowest BCUT2D eigenvalue weighted by atomic mass is 10.1. The van der Waals surface area contributed by atoms with Crippen molar-refractivity contribution in [3.8, 4) is 5.75 Å². The fraction of sp³-hybridized carbons (Fsp3) is 0.667. The molecule has 1 fully saturated rings. The Bertz CT molecular complexity index is 414. The molecule has 118 valence electrons. The van der Waals surface area contributed by atoms with Crippen molar-refractivity contribution in [2.24, 2.45) is 0 Å². The van der Waals surface area contributed by atoms with E-state index in [1.807, 2.05) is 12.1 Å². The number of nitrogens with zero attached hydrogens (tertiary/aromatic N) is 1. The largest absolute Gasteiger partial charge is 0.497 e. The number of aryl methyl sites for hydroxylation is 1. The van der Waals surface area contributed by atoms with Crippen molar-refractivity contribution >= 4 is 0 Å². The summed E-state index contributed by atoms with van der Waals surface area (Å²) in [6, 6.07) is 10.4. The maximum Gasteiger partial charge on any atom is 0.118 e. The minimum atomic E-state index is 0.558. The van der Waals surface area contributed by atoms with Crippen LogP contribution in [0.3, 0.4) is 0 Å². The Balaban J connectivity index is 1.65. The van der Waals surface area contributed by atoms with E-state index in [0.717, 1.165) is 24.8 Å². The van der Waals surface area contributed by atoms with Gasteiger partial charge in [0.05, 0.1) is 7.11 Å². The van der Waals surface area contributed by atoms with Gasteiger partial charge in [0, 0.05) is 24.7 Å². The summed E-state index contributed by atoms with van der Waals surface area (Å²) in [4.78, 5) is 2.52. The average Bonchev–Trinajstić information content (AvgIpc) is 3.35. The summed E-state index contributed by atoms with van der Waals surface area (Å²) in [7, 11) is 3.97. The first-order valence-electron chi connectivity index (χ1n) is 8.18. The van der Waals surface area contributed by atoms with Crippen LogP contribution in [0.25, 0.3) is 0 Å². The molecule has 1 aliphatic rings. The van der Waals surface area contributed by atoms with E-state index in [1.54, 1.807) is 7.11 Å². The molecule has 0 spiro atoms. The minimum Gasteiger partial charge on any atom is -0.497 e. The van der Waals surface area contributed by atoms with E-state index in [-0.39, 0.29) is 0 Å². The highest BCUT2D eigenvalue weighted by Crippen LogP contribution is 2.26. The third kappa shape index (κ3) is 5.33. The van der Waals surface area contributed by atoms with E-state index in [4.69, 9.17) is 4.74 Å². The van der Waals surface area contributed by atoms with Gasteiger partial charge in [-0.1, -0.05) is 12.1 Å². The number of benzene rings is 1. The van der Waals surface area contributed by atoms with Gasteiger partial charge in [-0.2, -0.15) is 0 Å². The SMILES string of the molecule is COc1ccc(CCC(C)NCC(C)N(C)C2CC2)cc1. The molecule has 2 unspecified atom stereocenters. The van der Waals surface area contributed by atoms with Gasteiger partial charge in [-0.05, 0) is 64.3 Å². The van der Waals surface area contributed by atoms with Crippen LogP contribution in [0.4, 0.5) is 0 Å². The topological polar surface area (TPSA) is 24.5 Å². The molecule has 0 aliphatic heterocycles. The Kier molecular flexibility index (Phi) is 6.07.